The zero-order valence-corrected chi connectivity index (χ0v) is 72.7. The maximum Gasteiger partial charge on any atom is 0.243 e. The van der Waals surface area contributed by atoms with E-state index in [2.05, 4.69) is 112 Å². The summed E-state index contributed by atoms with van der Waals surface area (Å²) < 4.78 is 0. The van der Waals surface area contributed by atoms with Gasteiger partial charge in [-0.05, 0) is 147 Å². The predicted molar refractivity (Wildman–Crippen MR) is 480 cm³/mol. The molecule has 0 radical (unpaired) electrons. The van der Waals surface area contributed by atoms with Crippen LogP contribution in [-0.2, 0) is 73.5 Å². The number of primary amides is 2. The van der Waals surface area contributed by atoms with Crippen molar-refractivity contribution in [2.24, 2.45) is 68.8 Å². The Morgan fingerprint density at radius 1 is 0.269 bits per heavy atom. The van der Waals surface area contributed by atoms with Crippen molar-refractivity contribution in [2.45, 2.75) is 214 Å². The zero-order valence-electron chi connectivity index (χ0n) is 72.7. The molecule has 0 heterocycles. The number of benzene rings is 1. The molecule has 14 amide bonds. The lowest BCUT2D eigenvalue weighted by molar-refractivity contribution is -0.136. The molecule has 0 bridgehead atoms. The number of guanidine groups is 9. The van der Waals surface area contributed by atoms with Gasteiger partial charge in [-0.2, -0.15) is 0 Å². The van der Waals surface area contributed by atoms with E-state index in [0.717, 1.165) is 0 Å². The van der Waals surface area contributed by atoms with E-state index in [4.69, 9.17) is 117 Å². The molecule has 1 rings (SSSR count). The molecule has 0 unspecified atom stereocenters. The van der Waals surface area contributed by atoms with Crippen molar-refractivity contribution in [1.29, 1.82) is 48.7 Å². The number of phenols is 1. The van der Waals surface area contributed by atoms with E-state index in [1.54, 1.807) is 0 Å². The number of aromatic hydroxyl groups is 1. The van der Waals surface area contributed by atoms with Crippen LogP contribution in [0.25, 0.3) is 0 Å². The normalized spacial score (nSPS) is 13.4. The molecule has 0 saturated heterocycles. The Kier molecular flexibility index (Phi) is 54.8. The SMILES string of the molecule is C[C@H](N)C(=O)N[C@@H](Cc1ccc(O)cc1)C(=O)NCC(=O)N[C@@H](CCCNC(=N)N)C(=O)N[C@@H](CCCNC(=N)N)C(=O)N[C@@H](CCCNC(=N)N)C(=O)N[C@@H](CCCNC(=N)N)C(=O)N[C@@H](CCCNC(=N)N)C(=O)N[C@@H](CCC(N)=O)C(=O)N[C@@H](CCCNC(=N)N)C(=O)N[C@@H](CCCNC(=N)N)C(=O)N[C@@H](CCCNC(=N)N)C(=O)N[C@@H](CCCNC(=N)N)C(N)=O. The van der Waals surface area contributed by atoms with Crippen molar-refractivity contribution < 1.29 is 72.2 Å². The van der Waals surface area contributed by atoms with Crippen molar-refractivity contribution in [3.63, 3.8) is 0 Å². The molecule has 1 aromatic carbocycles. The highest BCUT2D eigenvalue weighted by atomic mass is 16.3. The summed E-state index contributed by atoms with van der Waals surface area (Å²) in [6, 6.07) is -12.8. The lowest BCUT2D eigenvalue weighted by Crippen LogP contribution is -2.61. The maximum atomic E-state index is 15.1. The number of nitrogens with two attached hydrogens (primary N) is 12. The monoisotopic (exact) mass is 1840 g/mol. The van der Waals surface area contributed by atoms with E-state index in [1.165, 1.54) is 31.2 Å². The Balaban J connectivity index is 4.12. The third-order valence-electron chi connectivity index (χ3n) is 18.8. The molecule has 0 spiro atoms. The number of hydrogen-bond acceptors (Lipinski definition) is 25. The summed E-state index contributed by atoms with van der Waals surface area (Å²) in [6.07, 6.45) is -3.61. The molecule has 130 heavy (non-hydrogen) atoms. The van der Waals surface area contributed by atoms with E-state index >= 15 is 9.59 Å². The Morgan fingerprint density at radius 3 is 0.677 bits per heavy atom. The van der Waals surface area contributed by atoms with E-state index in [-0.39, 0.29) is 193 Å². The van der Waals surface area contributed by atoms with Gasteiger partial charge < -0.3 is 186 Å². The number of rotatable bonds is 66. The van der Waals surface area contributed by atoms with E-state index in [1.807, 2.05) is 0 Å². The molecule has 0 fully saturated rings. The van der Waals surface area contributed by atoms with Gasteiger partial charge in [-0.1, -0.05) is 12.1 Å². The van der Waals surface area contributed by atoms with Gasteiger partial charge in [0.15, 0.2) is 53.6 Å². The van der Waals surface area contributed by atoms with Gasteiger partial charge in [-0.3, -0.25) is 116 Å². The molecule has 57 nitrogen and oxygen atoms in total. The van der Waals surface area contributed by atoms with Gasteiger partial charge in [-0.15, -0.1) is 0 Å². The number of nitrogens with one attached hydrogen (secondary N) is 30. The lowest BCUT2D eigenvalue weighted by atomic mass is 10.0. The lowest BCUT2D eigenvalue weighted by Gasteiger charge is -2.29. The Morgan fingerprint density at radius 2 is 0.469 bits per heavy atom. The number of amides is 14. The zero-order chi connectivity index (χ0) is 98.0. The van der Waals surface area contributed by atoms with Crippen molar-refractivity contribution >= 4 is 136 Å². The minimum Gasteiger partial charge on any atom is -0.508 e. The molecule has 55 N–H and O–H groups in total. The third kappa shape index (κ3) is 52.7. The van der Waals surface area contributed by atoms with Crippen LogP contribution < -0.4 is 180 Å². The molecule has 12 atom stereocenters. The van der Waals surface area contributed by atoms with Crippen LogP contribution in [0.3, 0.4) is 0 Å². The van der Waals surface area contributed by atoms with Gasteiger partial charge in [0.2, 0.25) is 82.7 Å². The van der Waals surface area contributed by atoms with E-state index in [0.29, 0.717) is 5.56 Å². The molecule has 57 heteroatoms. The topological polar surface area (TPSA) is 1040 Å². The fourth-order valence-electron chi connectivity index (χ4n) is 12.1. The Labute approximate surface area is 750 Å². The minimum atomic E-state index is -1.83. The van der Waals surface area contributed by atoms with Gasteiger partial charge >= 0.3 is 0 Å². The second-order valence-corrected chi connectivity index (χ2v) is 29.9. The number of carbonyl (C=O) groups excluding carboxylic acids is 14. The third-order valence-corrected chi connectivity index (χ3v) is 18.8. The summed E-state index contributed by atoms with van der Waals surface area (Å²) in [6.45, 7) is 0.207. The summed E-state index contributed by atoms with van der Waals surface area (Å²) in [7, 11) is 0. The van der Waals surface area contributed by atoms with E-state index < -0.39 is 222 Å². The molecule has 1 aromatic rings. The maximum absolute atomic E-state index is 15.1. The Bertz CT molecular complexity index is 3990. The van der Waals surface area contributed by atoms with Gasteiger partial charge in [0.25, 0.3) is 0 Å². The number of phenolic OH excluding ortho intramolecular Hbond substituents is 1. The van der Waals surface area contributed by atoms with Crippen molar-refractivity contribution in [3.05, 3.63) is 29.8 Å². The summed E-state index contributed by atoms with van der Waals surface area (Å²) >= 11 is 0. The van der Waals surface area contributed by atoms with Gasteiger partial charge in [-0.25, -0.2) is 0 Å². The molecule has 0 aliphatic carbocycles. The second-order valence-electron chi connectivity index (χ2n) is 29.9. The van der Waals surface area contributed by atoms with Crippen molar-refractivity contribution in [1.82, 2.24) is 112 Å². The van der Waals surface area contributed by atoms with Crippen LogP contribution in [0, 0.1) is 48.7 Å². The summed E-state index contributed by atoms with van der Waals surface area (Å²) in [4.78, 5) is 198. The first-order valence-electron chi connectivity index (χ1n) is 41.7. The molecule has 0 saturated carbocycles. The summed E-state index contributed by atoms with van der Waals surface area (Å²) in [5.74, 6) is -18.2. The molecule has 728 valence electrons. The quantitative estimate of drug-likeness (QED) is 0.0164. The average molecular weight is 1840 g/mol. The van der Waals surface area contributed by atoms with Crippen LogP contribution >= 0.6 is 0 Å². The highest BCUT2D eigenvalue weighted by Gasteiger charge is 2.37. The summed E-state index contributed by atoms with van der Waals surface area (Å²) in [5, 5.41) is 133. The largest absolute Gasteiger partial charge is 0.508 e. The molecular weight excluding hydrogens is 1710 g/mol. The molecular formula is C73H136N42O15. The van der Waals surface area contributed by atoms with Gasteiger partial charge in [0, 0.05) is 71.7 Å². The number of hydrogen-bond donors (Lipinski definition) is 43. The van der Waals surface area contributed by atoms with Crippen LogP contribution in [0.5, 0.6) is 5.75 Å². The first-order valence-corrected chi connectivity index (χ1v) is 41.7. The van der Waals surface area contributed by atoms with Crippen molar-refractivity contribution in [3.8, 4) is 5.75 Å². The first kappa shape index (κ1) is 113. The highest BCUT2D eigenvalue weighted by Crippen LogP contribution is 2.15. The second kappa shape index (κ2) is 63.0. The number of carbonyl (C=O) groups is 14. The highest BCUT2D eigenvalue weighted by molar-refractivity contribution is 6.00. The molecule has 0 aliphatic rings. The summed E-state index contributed by atoms with van der Waals surface area (Å²) in [5.41, 5.74) is 67.2. The van der Waals surface area contributed by atoms with Gasteiger partial charge in [0.1, 0.15) is 72.2 Å². The Hall–Kier alpha value is -15.0. The standard InChI is InChI=1S/C73H136N42O15/c1-37(74)54(120)115-50(35-38-20-22-39(116)23-21-38)55(121)104-36-52(118)105-41(12-3-27-96-66(79)80)56(122)107-43(14-5-29-98-68(83)84)58(124)109-45(16-7-31-100-70(87)88)60(126)110-46(17-8-32-101-71(89)90)61(127)112-48(19-10-34-103-73(93)94)63(129)114-49(24-25-51(75)117)64(130)113-47(18-9-33-102-72(91)92)62(128)111-44(15-6-30-99-69(85)86)59(125)108-42(13-4-28-97-67(81)82)57(123)106-40(53(76)119)11-2-26-95-65(77)78/h20-23,37,40-50,116H,2-19,24-36,74H2,1H3,(H2,75,117)(H2,76,119)(H,104,121)(H,105,118)(H,106,123)(H,107,122)(H,108,125)(H,109,124)(H,110,126)(H,111,128)(H,112,127)(H,113,130)(H,114,129)(H,115,120)(H4,77,78,95)(H4,79,80,96)(H4,81,82,97)(H4,83,84,98)(H4,85,86,99)(H4,87,88,100)(H4,89,90,101)(H4,91,92,102)(H4,93,94,103)/t37-,40-,41-,42-,43-,44-,45-,46-,47-,48-,49-,50-/m0/s1. The first-order chi connectivity index (χ1) is 61.3. The minimum absolute atomic E-state index is 0.00227. The van der Waals surface area contributed by atoms with Crippen molar-refractivity contribution in [2.75, 3.05) is 65.4 Å². The van der Waals surface area contributed by atoms with Crippen LogP contribution in [-0.4, -0.2) is 279 Å². The van der Waals surface area contributed by atoms with Crippen LogP contribution in [0.4, 0.5) is 0 Å². The van der Waals surface area contributed by atoms with Crippen LogP contribution in [0.2, 0.25) is 0 Å². The van der Waals surface area contributed by atoms with Gasteiger partial charge in [0.05, 0.1) is 12.6 Å². The molecule has 0 aromatic heterocycles. The average Bonchev–Trinajstić information content (AvgIpc) is 0.858. The fourth-order valence-corrected chi connectivity index (χ4v) is 12.1. The van der Waals surface area contributed by atoms with Crippen LogP contribution in [0.15, 0.2) is 24.3 Å². The smallest absolute Gasteiger partial charge is 0.243 e. The van der Waals surface area contributed by atoms with Crippen LogP contribution in [0.1, 0.15) is 141 Å². The molecule has 0 aliphatic heterocycles. The predicted octanol–water partition coefficient (Wildman–Crippen LogP) is -14.1. The fraction of sp³-hybridized carbons (Fsp3) is 0.603. The van der Waals surface area contributed by atoms with E-state index in [9.17, 15) is 62.6 Å².